The summed E-state index contributed by atoms with van der Waals surface area (Å²) in [6.45, 7) is 4.07. The molecule has 0 aliphatic heterocycles. The minimum Gasteiger partial charge on any atom is -0.507 e. The predicted molar refractivity (Wildman–Crippen MR) is 75.1 cm³/mol. The van der Waals surface area contributed by atoms with Crippen LogP contribution < -0.4 is 5.32 Å². The van der Waals surface area contributed by atoms with E-state index in [0.29, 0.717) is 11.5 Å². The average molecular weight is 345 g/mol. The summed E-state index contributed by atoms with van der Waals surface area (Å²) in [5.41, 5.74) is 0.163. The van der Waals surface area contributed by atoms with Gasteiger partial charge in [0.1, 0.15) is 5.75 Å². The molecule has 0 unspecified atom stereocenters. The van der Waals surface area contributed by atoms with Gasteiger partial charge in [-0.25, -0.2) is 0 Å². The number of rotatable bonds is 3. The third-order valence-electron chi connectivity index (χ3n) is 3.24. The fraction of sp³-hybridized carbons (Fsp3) is 0.462. The molecule has 1 aliphatic carbocycles. The molecular weight excluding hydrogens is 329 g/mol. The lowest BCUT2D eigenvalue weighted by atomic mass is 9.98. The van der Waals surface area contributed by atoms with E-state index in [1.54, 1.807) is 18.2 Å². The standard InChI is InChI=1S/C13H16INO2/c1-13(2,8-3-4-8)15-12(17)10-7-9(14)5-6-11(10)16/h5-8,16H,3-4H2,1-2H3,(H,15,17). The topological polar surface area (TPSA) is 49.3 Å². The molecule has 1 fully saturated rings. The molecule has 17 heavy (non-hydrogen) atoms. The van der Waals surface area contributed by atoms with Crippen LogP contribution in [0, 0.1) is 9.49 Å². The summed E-state index contributed by atoms with van der Waals surface area (Å²) < 4.78 is 0.940. The van der Waals surface area contributed by atoms with Crippen molar-refractivity contribution in [3.05, 3.63) is 27.3 Å². The smallest absolute Gasteiger partial charge is 0.255 e. The Morgan fingerprint density at radius 1 is 1.47 bits per heavy atom. The predicted octanol–water partition coefficient (Wildman–Crippen LogP) is 2.92. The van der Waals surface area contributed by atoms with Crippen molar-refractivity contribution in [2.24, 2.45) is 5.92 Å². The first kappa shape index (κ1) is 12.7. The molecule has 0 aromatic heterocycles. The van der Waals surface area contributed by atoms with E-state index in [4.69, 9.17) is 0 Å². The van der Waals surface area contributed by atoms with Crippen LogP contribution in [0.15, 0.2) is 18.2 Å². The van der Waals surface area contributed by atoms with Gasteiger partial charge >= 0.3 is 0 Å². The van der Waals surface area contributed by atoms with E-state index in [-0.39, 0.29) is 17.2 Å². The molecule has 1 aliphatic rings. The van der Waals surface area contributed by atoms with Crippen molar-refractivity contribution in [1.82, 2.24) is 5.32 Å². The Labute approximate surface area is 115 Å². The van der Waals surface area contributed by atoms with Crippen molar-refractivity contribution in [1.29, 1.82) is 0 Å². The molecule has 0 saturated heterocycles. The van der Waals surface area contributed by atoms with E-state index in [2.05, 4.69) is 27.9 Å². The van der Waals surface area contributed by atoms with Gasteiger partial charge in [0.05, 0.1) is 5.56 Å². The number of carbonyl (C=O) groups is 1. The van der Waals surface area contributed by atoms with E-state index < -0.39 is 0 Å². The van der Waals surface area contributed by atoms with Gasteiger partial charge in [-0.15, -0.1) is 0 Å². The average Bonchev–Trinajstić information content (AvgIpc) is 3.04. The minimum absolute atomic E-state index is 0.0366. The molecule has 1 aromatic rings. The molecule has 0 heterocycles. The molecule has 92 valence electrons. The van der Waals surface area contributed by atoms with Gasteiger partial charge in [-0.3, -0.25) is 4.79 Å². The van der Waals surface area contributed by atoms with Crippen molar-refractivity contribution in [2.45, 2.75) is 32.2 Å². The van der Waals surface area contributed by atoms with Gasteiger partial charge in [0, 0.05) is 9.11 Å². The summed E-state index contributed by atoms with van der Waals surface area (Å²) in [5.74, 6) is 0.406. The van der Waals surface area contributed by atoms with E-state index in [1.165, 1.54) is 12.8 Å². The number of hydrogen-bond donors (Lipinski definition) is 2. The molecule has 0 bridgehead atoms. The summed E-state index contributed by atoms with van der Waals surface area (Å²) >= 11 is 2.13. The molecule has 0 radical (unpaired) electrons. The van der Waals surface area contributed by atoms with Crippen molar-refractivity contribution in [3.8, 4) is 5.75 Å². The van der Waals surface area contributed by atoms with Crippen LogP contribution in [0.25, 0.3) is 0 Å². The maximum Gasteiger partial charge on any atom is 0.255 e. The number of benzene rings is 1. The molecule has 2 N–H and O–H groups in total. The number of halogens is 1. The maximum absolute atomic E-state index is 12.1. The van der Waals surface area contributed by atoms with Gasteiger partial charge in [-0.2, -0.15) is 0 Å². The first-order valence-electron chi connectivity index (χ1n) is 5.71. The monoisotopic (exact) mass is 345 g/mol. The largest absolute Gasteiger partial charge is 0.507 e. The fourth-order valence-electron chi connectivity index (χ4n) is 1.96. The van der Waals surface area contributed by atoms with Crippen molar-refractivity contribution in [2.75, 3.05) is 0 Å². The highest BCUT2D eigenvalue weighted by molar-refractivity contribution is 14.1. The number of hydrogen-bond acceptors (Lipinski definition) is 2. The first-order chi connectivity index (χ1) is 7.90. The Kier molecular flexibility index (Phi) is 3.34. The van der Waals surface area contributed by atoms with E-state index in [0.717, 1.165) is 3.57 Å². The van der Waals surface area contributed by atoms with Gasteiger partial charge in [-0.05, 0) is 73.4 Å². The van der Waals surface area contributed by atoms with Crippen LogP contribution in [-0.2, 0) is 0 Å². The van der Waals surface area contributed by atoms with Crippen molar-refractivity contribution < 1.29 is 9.90 Å². The Balaban J connectivity index is 2.16. The Hall–Kier alpha value is -0.780. The van der Waals surface area contributed by atoms with Crippen LogP contribution in [0.3, 0.4) is 0 Å². The number of amides is 1. The first-order valence-corrected chi connectivity index (χ1v) is 6.79. The second-order valence-corrected chi connectivity index (χ2v) is 6.36. The molecule has 2 rings (SSSR count). The van der Waals surface area contributed by atoms with Crippen molar-refractivity contribution >= 4 is 28.5 Å². The molecule has 1 amide bonds. The number of phenolic OH excluding ortho intramolecular Hbond substituents is 1. The lowest BCUT2D eigenvalue weighted by Crippen LogP contribution is -2.45. The van der Waals surface area contributed by atoms with E-state index >= 15 is 0 Å². The highest BCUT2D eigenvalue weighted by atomic mass is 127. The van der Waals surface area contributed by atoms with Crippen molar-refractivity contribution in [3.63, 3.8) is 0 Å². The van der Waals surface area contributed by atoms with Gasteiger partial charge in [0.15, 0.2) is 0 Å². The minimum atomic E-state index is -0.196. The van der Waals surface area contributed by atoms with E-state index in [9.17, 15) is 9.90 Å². The van der Waals surface area contributed by atoms with Crippen LogP contribution in [-0.4, -0.2) is 16.6 Å². The normalized spacial score (nSPS) is 15.7. The number of phenols is 1. The Morgan fingerprint density at radius 2 is 2.12 bits per heavy atom. The third kappa shape index (κ3) is 2.91. The second kappa shape index (κ2) is 4.48. The lowest BCUT2D eigenvalue weighted by molar-refractivity contribution is 0.0900. The summed E-state index contributed by atoms with van der Waals surface area (Å²) in [7, 11) is 0. The van der Waals surface area contributed by atoms with Crippen LogP contribution >= 0.6 is 22.6 Å². The molecule has 1 saturated carbocycles. The van der Waals surface area contributed by atoms with Gasteiger partial charge in [0.2, 0.25) is 0 Å². The van der Waals surface area contributed by atoms with E-state index in [1.807, 2.05) is 13.8 Å². The zero-order valence-electron chi connectivity index (χ0n) is 9.96. The summed E-state index contributed by atoms with van der Waals surface area (Å²) in [6, 6.07) is 5.04. The van der Waals surface area contributed by atoms with Crippen LogP contribution in [0.1, 0.15) is 37.0 Å². The zero-order valence-corrected chi connectivity index (χ0v) is 12.1. The van der Waals surface area contributed by atoms with Crippen LogP contribution in [0.4, 0.5) is 0 Å². The number of aromatic hydroxyl groups is 1. The van der Waals surface area contributed by atoms with Gasteiger partial charge in [0.25, 0.3) is 5.91 Å². The van der Waals surface area contributed by atoms with Crippen LogP contribution in [0.2, 0.25) is 0 Å². The highest BCUT2D eigenvalue weighted by Crippen LogP contribution is 2.39. The number of nitrogens with one attached hydrogen (secondary N) is 1. The SMILES string of the molecule is CC(C)(NC(=O)c1cc(I)ccc1O)C1CC1. The zero-order chi connectivity index (χ0) is 12.6. The molecule has 1 aromatic carbocycles. The maximum atomic E-state index is 12.1. The fourth-order valence-corrected chi connectivity index (χ4v) is 2.45. The van der Waals surface area contributed by atoms with Crippen LogP contribution in [0.5, 0.6) is 5.75 Å². The molecule has 4 heteroatoms. The summed E-state index contributed by atoms with van der Waals surface area (Å²) in [6.07, 6.45) is 2.34. The quantitative estimate of drug-likeness (QED) is 0.828. The lowest BCUT2D eigenvalue weighted by Gasteiger charge is -2.26. The molecule has 0 atom stereocenters. The summed E-state index contributed by atoms with van der Waals surface area (Å²) in [4.78, 5) is 12.1. The molecular formula is C13H16INO2. The van der Waals surface area contributed by atoms with Gasteiger partial charge < -0.3 is 10.4 Å². The second-order valence-electron chi connectivity index (χ2n) is 5.11. The summed E-state index contributed by atoms with van der Waals surface area (Å²) in [5, 5.41) is 12.7. The van der Waals surface area contributed by atoms with Gasteiger partial charge in [-0.1, -0.05) is 0 Å². The molecule has 3 nitrogen and oxygen atoms in total. The Bertz CT molecular complexity index is 453. The Morgan fingerprint density at radius 3 is 2.71 bits per heavy atom. The molecule has 0 spiro atoms. The number of carbonyl (C=O) groups excluding carboxylic acids is 1. The third-order valence-corrected chi connectivity index (χ3v) is 3.91. The highest BCUT2D eigenvalue weighted by Gasteiger charge is 2.39.